The predicted molar refractivity (Wildman–Crippen MR) is 84.0 cm³/mol. The van der Waals surface area contributed by atoms with Crippen LogP contribution < -0.4 is 0 Å². The van der Waals surface area contributed by atoms with Crippen LogP contribution in [0.2, 0.25) is 0 Å². The van der Waals surface area contributed by atoms with E-state index in [1.54, 1.807) is 25.1 Å². The van der Waals surface area contributed by atoms with Crippen molar-refractivity contribution in [2.45, 2.75) is 13.3 Å². The summed E-state index contributed by atoms with van der Waals surface area (Å²) in [5.74, 6) is -0.453. The Morgan fingerprint density at radius 3 is 2.68 bits per heavy atom. The van der Waals surface area contributed by atoms with Gasteiger partial charge in [0.25, 0.3) is 0 Å². The molecule has 0 spiro atoms. The Labute approximate surface area is 128 Å². The van der Waals surface area contributed by atoms with E-state index in [9.17, 15) is 9.59 Å². The quantitative estimate of drug-likeness (QED) is 0.813. The van der Waals surface area contributed by atoms with Gasteiger partial charge in [-0.15, -0.1) is 0 Å². The van der Waals surface area contributed by atoms with Crippen LogP contribution in [0, 0.1) is 0 Å². The van der Waals surface area contributed by atoms with Crippen molar-refractivity contribution < 1.29 is 14.3 Å². The maximum absolute atomic E-state index is 12.4. The van der Waals surface area contributed by atoms with Crippen LogP contribution in [0.25, 0.3) is 0 Å². The maximum Gasteiger partial charge on any atom is 0.338 e. The highest BCUT2D eigenvalue weighted by Crippen LogP contribution is 2.29. The summed E-state index contributed by atoms with van der Waals surface area (Å²) in [6.45, 7) is 2.05. The zero-order valence-corrected chi connectivity index (χ0v) is 12.2. The highest BCUT2D eigenvalue weighted by atomic mass is 16.5. The van der Waals surface area contributed by atoms with Crippen molar-refractivity contribution in [2.75, 3.05) is 6.61 Å². The second-order valence-corrected chi connectivity index (χ2v) is 4.98. The van der Waals surface area contributed by atoms with Gasteiger partial charge in [0.1, 0.15) is 0 Å². The molecule has 2 aromatic rings. The number of carbonyl (C=O) groups excluding carboxylic acids is 2. The van der Waals surface area contributed by atoms with E-state index in [4.69, 9.17) is 4.74 Å². The van der Waals surface area contributed by atoms with Gasteiger partial charge in [-0.25, -0.2) is 4.79 Å². The lowest BCUT2D eigenvalue weighted by atomic mass is 9.95. The molecule has 0 fully saturated rings. The zero-order chi connectivity index (χ0) is 15.5. The van der Waals surface area contributed by atoms with Crippen LogP contribution in [0.4, 0.5) is 5.69 Å². The van der Waals surface area contributed by atoms with Crippen LogP contribution in [0.15, 0.2) is 53.5 Å². The topological polar surface area (TPSA) is 55.7 Å². The largest absolute Gasteiger partial charge is 0.462 e. The summed E-state index contributed by atoms with van der Waals surface area (Å²) >= 11 is 0. The summed E-state index contributed by atoms with van der Waals surface area (Å²) in [6.07, 6.45) is 0.239. The molecule has 0 saturated carbocycles. The van der Waals surface area contributed by atoms with E-state index in [0.29, 0.717) is 23.4 Å². The van der Waals surface area contributed by atoms with Gasteiger partial charge in [-0.05, 0) is 30.7 Å². The molecule has 0 saturated heterocycles. The van der Waals surface area contributed by atoms with E-state index in [1.165, 1.54) is 0 Å². The minimum Gasteiger partial charge on any atom is -0.462 e. The van der Waals surface area contributed by atoms with Gasteiger partial charge in [-0.1, -0.05) is 30.3 Å². The Hall–Kier alpha value is -2.75. The highest BCUT2D eigenvalue weighted by Gasteiger charge is 2.22. The van der Waals surface area contributed by atoms with Crippen molar-refractivity contribution in [1.29, 1.82) is 0 Å². The first kappa shape index (κ1) is 14.2. The SMILES string of the molecule is CCOC(=O)c1ccc2c(c1)C(=O)CC(c1ccccc1)=N2. The molecule has 0 aromatic heterocycles. The minimum atomic E-state index is -0.420. The summed E-state index contributed by atoms with van der Waals surface area (Å²) in [6, 6.07) is 14.5. The van der Waals surface area contributed by atoms with E-state index < -0.39 is 5.97 Å². The third-order valence-corrected chi connectivity index (χ3v) is 3.50. The van der Waals surface area contributed by atoms with E-state index in [2.05, 4.69) is 4.99 Å². The molecular formula is C18H15NO3. The standard InChI is InChI=1S/C18H15NO3/c1-2-22-18(21)13-8-9-15-14(10-13)17(20)11-16(19-15)12-6-4-3-5-7-12/h3-10H,2,11H2,1H3. The first-order valence-corrected chi connectivity index (χ1v) is 7.16. The van der Waals surface area contributed by atoms with Crippen molar-refractivity contribution in [2.24, 2.45) is 4.99 Å². The number of carbonyl (C=O) groups is 2. The number of esters is 1. The lowest BCUT2D eigenvalue weighted by molar-refractivity contribution is 0.0526. The molecule has 1 aliphatic rings. The van der Waals surface area contributed by atoms with Crippen LogP contribution in [-0.2, 0) is 4.74 Å². The van der Waals surface area contributed by atoms with Crippen molar-refractivity contribution in [3.05, 3.63) is 65.2 Å². The van der Waals surface area contributed by atoms with Crippen LogP contribution in [0.5, 0.6) is 0 Å². The number of ether oxygens (including phenoxy) is 1. The lowest BCUT2D eigenvalue weighted by Gasteiger charge is -2.15. The number of hydrogen-bond acceptors (Lipinski definition) is 4. The molecule has 1 heterocycles. The van der Waals surface area contributed by atoms with Crippen LogP contribution in [0.1, 0.15) is 39.6 Å². The fourth-order valence-electron chi connectivity index (χ4n) is 2.43. The number of fused-ring (bicyclic) bond motifs is 1. The zero-order valence-electron chi connectivity index (χ0n) is 12.2. The minimum absolute atomic E-state index is 0.0324. The van der Waals surface area contributed by atoms with Gasteiger partial charge in [0.15, 0.2) is 5.78 Å². The first-order chi connectivity index (χ1) is 10.7. The highest BCUT2D eigenvalue weighted by molar-refractivity contribution is 6.21. The summed E-state index contributed by atoms with van der Waals surface area (Å²) in [4.78, 5) is 28.7. The second kappa shape index (κ2) is 5.93. The summed E-state index contributed by atoms with van der Waals surface area (Å²) in [5, 5.41) is 0. The van der Waals surface area contributed by atoms with Crippen molar-refractivity contribution in [3.63, 3.8) is 0 Å². The van der Waals surface area contributed by atoms with E-state index in [1.807, 2.05) is 30.3 Å². The molecule has 110 valence electrons. The average Bonchev–Trinajstić information content (AvgIpc) is 2.55. The number of rotatable bonds is 3. The Morgan fingerprint density at radius 1 is 1.18 bits per heavy atom. The number of ketones is 1. The second-order valence-electron chi connectivity index (χ2n) is 4.98. The maximum atomic E-state index is 12.4. The third kappa shape index (κ3) is 2.68. The molecule has 0 unspecified atom stereocenters. The Kier molecular flexibility index (Phi) is 3.83. The van der Waals surface area contributed by atoms with Crippen LogP contribution >= 0.6 is 0 Å². The molecule has 0 atom stereocenters. The molecule has 4 nitrogen and oxygen atoms in total. The number of hydrogen-bond donors (Lipinski definition) is 0. The number of Topliss-reactive ketones (excluding diaryl/α,β-unsaturated/α-hetero) is 1. The molecule has 0 radical (unpaired) electrons. The van der Waals surface area contributed by atoms with E-state index >= 15 is 0 Å². The summed E-state index contributed by atoms with van der Waals surface area (Å²) in [7, 11) is 0. The molecule has 0 amide bonds. The molecule has 0 aliphatic carbocycles. The van der Waals surface area contributed by atoms with Gasteiger partial charge in [-0.2, -0.15) is 0 Å². The van der Waals surface area contributed by atoms with Gasteiger partial charge in [0, 0.05) is 5.56 Å². The van der Waals surface area contributed by atoms with Crippen molar-refractivity contribution >= 4 is 23.2 Å². The third-order valence-electron chi connectivity index (χ3n) is 3.50. The Balaban J connectivity index is 1.99. The Morgan fingerprint density at radius 2 is 1.95 bits per heavy atom. The van der Waals surface area contributed by atoms with Crippen molar-refractivity contribution in [3.8, 4) is 0 Å². The molecule has 0 bridgehead atoms. The smallest absolute Gasteiger partial charge is 0.338 e. The Bertz CT molecular complexity index is 763. The molecule has 1 aliphatic heterocycles. The van der Waals surface area contributed by atoms with Crippen LogP contribution in [-0.4, -0.2) is 24.1 Å². The average molecular weight is 293 g/mol. The number of nitrogens with zero attached hydrogens (tertiary/aromatic N) is 1. The van der Waals surface area contributed by atoms with Gasteiger partial charge in [-0.3, -0.25) is 9.79 Å². The lowest BCUT2D eigenvalue weighted by Crippen LogP contribution is -2.15. The van der Waals surface area contributed by atoms with Gasteiger partial charge in [0.2, 0.25) is 0 Å². The summed E-state index contributed by atoms with van der Waals surface area (Å²) < 4.78 is 4.96. The van der Waals surface area contributed by atoms with Gasteiger partial charge >= 0.3 is 5.97 Å². The molecule has 2 aromatic carbocycles. The van der Waals surface area contributed by atoms with Gasteiger partial charge in [0.05, 0.1) is 30.0 Å². The van der Waals surface area contributed by atoms with Crippen molar-refractivity contribution in [1.82, 2.24) is 0 Å². The van der Waals surface area contributed by atoms with Crippen LogP contribution in [0.3, 0.4) is 0 Å². The fourth-order valence-corrected chi connectivity index (χ4v) is 2.43. The molecule has 4 heteroatoms. The number of aliphatic imine (C=N–C) groups is 1. The molecular weight excluding hydrogens is 278 g/mol. The van der Waals surface area contributed by atoms with E-state index in [-0.39, 0.29) is 12.2 Å². The number of benzene rings is 2. The normalized spacial score (nSPS) is 13.3. The summed E-state index contributed by atoms with van der Waals surface area (Å²) in [5.41, 5.74) is 3.15. The predicted octanol–water partition coefficient (Wildman–Crippen LogP) is 3.57. The molecule has 3 rings (SSSR count). The first-order valence-electron chi connectivity index (χ1n) is 7.16. The molecule has 0 N–H and O–H groups in total. The van der Waals surface area contributed by atoms with Gasteiger partial charge < -0.3 is 4.74 Å². The van der Waals surface area contributed by atoms with E-state index in [0.717, 1.165) is 11.3 Å². The monoisotopic (exact) mass is 293 g/mol. The fraction of sp³-hybridized carbons (Fsp3) is 0.167. The molecule has 22 heavy (non-hydrogen) atoms.